The zero-order chi connectivity index (χ0) is 13.7. The number of aryl methyl sites for hydroxylation is 3. The number of aliphatic hydroxyl groups is 1. The van der Waals surface area contributed by atoms with E-state index in [0.29, 0.717) is 29.9 Å². The van der Waals surface area contributed by atoms with Crippen molar-refractivity contribution in [3.8, 4) is 0 Å². The van der Waals surface area contributed by atoms with Crippen molar-refractivity contribution in [1.82, 2.24) is 9.97 Å². The molecule has 1 aromatic carbocycles. The molecule has 0 unspecified atom stereocenters. The summed E-state index contributed by atoms with van der Waals surface area (Å²) in [5.74, 6) is 0.702. The predicted molar refractivity (Wildman–Crippen MR) is 74.2 cm³/mol. The number of aromatic nitrogens is 2. The van der Waals surface area contributed by atoms with Crippen molar-refractivity contribution in [3.05, 3.63) is 63.3 Å². The summed E-state index contributed by atoms with van der Waals surface area (Å²) in [5.41, 5.74) is 2.37. The number of H-pyrrole nitrogens is 1. The van der Waals surface area contributed by atoms with Crippen LogP contribution in [-0.2, 0) is 19.3 Å². The summed E-state index contributed by atoms with van der Waals surface area (Å²) in [6.45, 7) is 1.78. The van der Waals surface area contributed by atoms with Crippen LogP contribution in [0.4, 0.5) is 0 Å². The Labute approximate surface area is 112 Å². The van der Waals surface area contributed by atoms with Crippen molar-refractivity contribution in [1.29, 1.82) is 0 Å². The summed E-state index contributed by atoms with van der Waals surface area (Å²) in [7, 11) is 0. The molecule has 0 radical (unpaired) electrons. The molecule has 19 heavy (non-hydrogen) atoms. The van der Waals surface area contributed by atoms with E-state index in [4.69, 9.17) is 5.11 Å². The van der Waals surface area contributed by atoms with E-state index in [2.05, 4.69) is 22.1 Å². The zero-order valence-electron chi connectivity index (χ0n) is 11.0. The molecule has 0 saturated heterocycles. The lowest BCUT2D eigenvalue weighted by Crippen LogP contribution is -2.20. The van der Waals surface area contributed by atoms with Crippen LogP contribution >= 0.6 is 0 Å². The third-order valence-corrected chi connectivity index (χ3v) is 3.13. The Hall–Kier alpha value is -1.94. The van der Waals surface area contributed by atoms with E-state index in [9.17, 15) is 4.79 Å². The van der Waals surface area contributed by atoms with Crippen LogP contribution in [-0.4, -0.2) is 21.7 Å². The quantitative estimate of drug-likeness (QED) is 0.852. The van der Waals surface area contributed by atoms with Gasteiger partial charge in [0.1, 0.15) is 5.82 Å². The fourth-order valence-electron chi connectivity index (χ4n) is 2.10. The molecule has 100 valence electrons. The molecule has 0 aliphatic carbocycles. The lowest BCUT2D eigenvalue weighted by molar-refractivity contribution is 0.298. The van der Waals surface area contributed by atoms with Crippen LogP contribution in [0.2, 0.25) is 0 Å². The van der Waals surface area contributed by atoms with Gasteiger partial charge in [-0.3, -0.25) is 4.79 Å². The number of nitrogens with one attached hydrogen (secondary N) is 1. The van der Waals surface area contributed by atoms with Crippen molar-refractivity contribution in [3.63, 3.8) is 0 Å². The first kappa shape index (κ1) is 13.5. The summed E-state index contributed by atoms with van der Waals surface area (Å²) < 4.78 is 0. The Kier molecular flexibility index (Phi) is 4.47. The number of nitrogens with zero attached hydrogens (tertiary/aromatic N) is 1. The number of aliphatic hydroxyl groups excluding tert-OH is 1. The first-order chi connectivity index (χ1) is 9.20. The molecule has 0 bridgehead atoms. The van der Waals surface area contributed by atoms with Crippen LogP contribution in [0.1, 0.15) is 22.6 Å². The Morgan fingerprint density at radius 2 is 1.89 bits per heavy atom. The van der Waals surface area contributed by atoms with E-state index in [1.165, 1.54) is 5.56 Å². The SMILES string of the molecule is Cc1nc(CCc2ccccc2)[nH]c(=O)c1CCO. The summed E-state index contributed by atoms with van der Waals surface area (Å²) >= 11 is 0. The Bertz CT molecular complexity index is 591. The third kappa shape index (κ3) is 3.51. The van der Waals surface area contributed by atoms with E-state index in [1.807, 2.05) is 25.1 Å². The van der Waals surface area contributed by atoms with Gasteiger partial charge in [0.2, 0.25) is 0 Å². The van der Waals surface area contributed by atoms with Gasteiger partial charge in [-0.1, -0.05) is 30.3 Å². The van der Waals surface area contributed by atoms with Crippen LogP contribution in [0, 0.1) is 6.92 Å². The molecule has 2 aromatic rings. The number of benzene rings is 1. The minimum atomic E-state index is -0.135. The number of hydrogen-bond acceptors (Lipinski definition) is 3. The van der Waals surface area contributed by atoms with Gasteiger partial charge in [0.15, 0.2) is 0 Å². The Morgan fingerprint density at radius 3 is 2.53 bits per heavy atom. The number of rotatable bonds is 5. The van der Waals surface area contributed by atoms with Crippen molar-refractivity contribution >= 4 is 0 Å². The highest BCUT2D eigenvalue weighted by atomic mass is 16.3. The molecule has 0 atom stereocenters. The van der Waals surface area contributed by atoms with Crippen LogP contribution in [0.5, 0.6) is 0 Å². The highest BCUT2D eigenvalue weighted by Gasteiger charge is 2.07. The summed E-state index contributed by atoms with van der Waals surface area (Å²) in [6.07, 6.45) is 1.91. The third-order valence-electron chi connectivity index (χ3n) is 3.13. The van der Waals surface area contributed by atoms with Crippen molar-refractivity contribution < 1.29 is 5.11 Å². The largest absolute Gasteiger partial charge is 0.396 e. The topological polar surface area (TPSA) is 66.0 Å². The molecule has 0 fully saturated rings. The first-order valence-corrected chi connectivity index (χ1v) is 6.44. The maximum atomic E-state index is 11.9. The second-order valence-corrected chi connectivity index (χ2v) is 4.54. The monoisotopic (exact) mass is 258 g/mol. The van der Waals surface area contributed by atoms with Gasteiger partial charge in [-0.15, -0.1) is 0 Å². The molecule has 0 aliphatic rings. The molecule has 0 saturated carbocycles. The standard InChI is InChI=1S/C15H18N2O2/c1-11-13(9-10-18)15(19)17-14(16-11)8-7-12-5-3-2-4-6-12/h2-6,18H,7-10H2,1H3,(H,16,17,19). The summed E-state index contributed by atoms with van der Waals surface area (Å²) in [5, 5.41) is 8.91. The average molecular weight is 258 g/mol. The number of hydrogen-bond donors (Lipinski definition) is 2. The maximum absolute atomic E-state index is 11.9. The van der Waals surface area contributed by atoms with Gasteiger partial charge in [-0.05, 0) is 18.9 Å². The van der Waals surface area contributed by atoms with E-state index >= 15 is 0 Å². The molecule has 1 heterocycles. The minimum Gasteiger partial charge on any atom is -0.396 e. The van der Waals surface area contributed by atoms with E-state index in [1.54, 1.807) is 0 Å². The van der Waals surface area contributed by atoms with Gasteiger partial charge in [-0.2, -0.15) is 0 Å². The van der Waals surface area contributed by atoms with Gasteiger partial charge >= 0.3 is 0 Å². The lowest BCUT2D eigenvalue weighted by Gasteiger charge is -2.06. The molecule has 1 aromatic heterocycles. The van der Waals surface area contributed by atoms with Crippen molar-refractivity contribution in [2.75, 3.05) is 6.61 Å². The Balaban J connectivity index is 2.12. The van der Waals surface area contributed by atoms with Crippen LogP contribution in [0.3, 0.4) is 0 Å². The van der Waals surface area contributed by atoms with Gasteiger partial charge in [-0.25, -0.2) is 4.98 Å². The fourth-order valence-corrected chi connectivity index (χ4v) is 2.10. The molecular weight excluding hydrogens is 240 g/mol. The summed E-state index contributed by atoms with van der Waals surface area (Å²) in [4.78, 5) is 19.1. The second-order valence-electron chi connectivity index (χ2n) is 4.54. The predicted octanol–water partition coefficient (Wildman–Crippen LogP) is 1.40. The molecule has 4 nitrogen and oxygen atoms in total. The first-order valence-electron chi connectivity index (χ1n) is 6.44. The smallest absolute Gasteiger partial charge is 0.254 e. The fraction of sp³-hybridized carbons (Fsp3) is 0.333. The molecule has 0 spiro atoms. The van der Waals surface area contributed by atoms with Crippen LogP contribution < -0.4 is 5.56 Å². The average Bonchev–Trinajstić information content (AvgIpc) is 2.42. The van der Waals surface area contributed by atoms with Crippen LogP contribution in [0.15, 0.2) is 35.1 Å². The summed E-state index contributed by atoms with van der Waals surface area (Å²) in [6, 6.07) is 10.1. The van der Waals surface area contributed by atoms with E-state index in [-0.39, 0.29) is 12.2 Å². The maximum Gasteiger partial charge on any atom is 0.254 e. The number of aromatic amines is 1. The van der Waals surface area contributed by atoms with Crippen molar-refractivity contribution in [2.45, 2.75) is 26.2 Å². The highest BCUT2D eigenvalue weighted by molar-refractivity contribution is 5.18. The van der Waals surface area contributed by atoms with Crippen molar-refractivity contribution in [2.24, 2.45) is 0 Å². The van der Waals surface area contributed by atoms with Crippen LogP contribution in [0.25, 0.3) is 0 Å². The zero-order valence-corrected chi connectivity index (χ0v) is 11.0. The lowest BCUT2D eigenvalue weighted by atomic mass is 10.1. The van der Waals surface area contributed by atoms with Gasteiger partial charge < -0.3 is 10.1 Å². The van der Waals surface area contributed by atoms with Gasteiger partial charge in [0.05, 0.1) is 0 Å². The molecule has 0 amide bonds. The minimum absolute atomic E-state index is 0.0328. The normalized spacial score (nSPS) is 10.6. The molecular formula is C15H18N2O2. The molecule has 2 N–H and O–H groups in total. The Morgan fingerprint density at radius 1 is 1.16 bits per heavy atom. The highest BCUT2D eigenvalue weighted by Crippen LogP contribution is 2.05. The molecule has 2 rings (SSSR count). The van der Waals surface area contributed by atoms with E-state index < -0.39 is 0 Å². The molecule has 0 aliphatic heterocycles. The van der Waals surface area contributed by atoms with Gasteiger partial charge in [0, 0.05) is 30.7 Å². The molecule has 4 heteroatoms. The van der Waals surface area contributed by atoms with Gasteiger partial charge in [0.25, 0.3) is 5.56 Å². The van der Waals surface area contributed by atoms with E-state index in [0.717, 1.165) is 6.42 Å². The second kappa shape index (κ2) is 6.29.